The van der Waals surface area contributed by atoms with Gasteiger partial charge in [0.2, 0.25) is 0 Å². The van der Waals surface area contributed by atoms with Crippen LogP contribution in [0.5, 0.6) is 0 Å². The first-order valence-corrected chi connectivity index (χ1v) is 12.0. The molecule has 3 N–H and O–H groups in total. The van der Waals surface area contributed by atoms with Gasteiger partial charge in [0.05, 0.1) is 6.61 Å². The van der Waals surface area contributed by atoms with Gasteiger partial charge in [0.15, 0.2) is 0 Å². The Bertz CT molecular complexity index is 645. The van der Waals surface area contributed by atoms with E-state index in [2.05, 4.69) is 37.4 Å². The summed E-state index contributed by atoms with van der Waals surface area (Å²) in [5.74, 6) is 0. The van der Waals surface area contributed by atoms with Crippen molar-refractivity contribution in [2.45, 2.75) is 57.2 Å². The summed E-state index contributed by atoms with van der Waals surface area (Å²) in [6.45, 7) is 7.71. The standard InChI is InChI=1S/C16H28Cl2O6P2/c1-13(2)7-5-8-14(3)9-6-10-15(4)11-12-24-26(22,23)16(17,18)25(19,20)21/h7,9,11H,5-6,8,10,12H2,1-4H3,(H,22,23)(H2,19,20,21)/b14-9+,15-11+. The molecule has 0 aromatic carbocycles. The fraction of sp³-hybridized carbons (Fsp3) is 0.625. The van der Waals surface area contributed by atoms with Crippen LogP contribution in [0.3, 0.4) is 0 Å². The Kier molecular flexibility index (Phi) is 11.2. The predicted molar refractivity (Wildman–Crippen MR) is 108 cm³/mol. The molecule has 0 fully saturated rings. The molecule has 0 saturated carbocycles. The fourth-order valence-electron chi connectivity index (χ4n) is 1.86. The van der Waals surface area contributed by atoms with Crippen molar-refractivity contribution in [2.24, 2.45) is 0 Å². The SMILES string of the molecule is CC(C)=CCC/C(C)=C/CC/C(C)=C/COP(=O)(O)C(Cl)(Cl)P(=O)(O)O. The molecule has 0 spiro atoms. The smallest absolute Gasteiger partial charge is 0.322 e. The molecule has 0 radical (unpaired) electrons. The van der Waals surface area contributed by atoms with Crippen molar-refractivity contribution in [2.75, 3.05) is 6.61 Å². The Hall–Kier alpha value is 0.1000. The second-order valence-electron chi connectivity index (χ2n) is 6.33. The van der Waals surface area contributed by atoms with Gasteiger partial charge in [-0.1, -0.05) is 58.1 Å². The van der Waals surface area contributed by atoms with E-state index in [-0.39, 0.29) is 6.61 Å². The zero-order valence-electron chi connectivity index (χ0n) is 15.5. The third kappa shape index (κ3) is 9.34. The van der Waals surface area contributed by atoms with Crippen molar-refractivity contribution >= 4 is 38.4 Å². The van der Waals surface area contributed by atoms with E-state index < -0.39 is 19.0 Å². The summed E-state index contributed by atoms with van der Waals surface area (Å²) in [6, 6.07) is 0. The van der Waals surface area contributed by atoms with Gasteiger partial charge in [0, 0.05) is 0 Å². The summed E-state index contributed by atoms with van der Waals surface area (Å²) >= 11 is 10.7. The lowest BCUT2D eigenvalue weighted by atomic mass is 10.1. The van der Waals surface area contributed by atoms with Gasteiger partial charge in [-0.25, -0.2) is 0 Å². The third-order valence-electron chi connectivity index (χ3n) is 3.49. The summed E-state index contributed by atoms with van der Waals surface area (Å²) in [4.78, 5) is 27.5. The molecule has 0 bridgehead atoms. The Morgan fingerprint density at radius 3 is 1.85 bits per heavy atom. The van der Waals surface area contributed by atoms with E-state index in [4.69, 9.17) is 33.0 Å². The Morgan fingerprint density at radius 1 is 0.923 bits per heavy atom. The van der Waals surface area contributed by atoms with Gasteiger partial charge < -0.3 is 19.2 Å². The minimum Gasteiger partial charge on any atom is -0.322 e. The maximum absolute atomic E-state index is 11.8. The second kappa shape index (κ2) is 11.2. The van der Waals surface area contributed by atoms with Crippen molar-refractivity contribution < 1.29 is 28.3 Å². The average Bonchev–Trinajstić information content (AvgIpc) is 2.45. The Labute approximate surface area is 165 Å². The molecular formula is C16H28Cl2O6P2. The van der Waals surface area contributed by atoms with E-state index >= 15 is 0 Å². The lowest BCUT2D eigenvalue weighted by molar-refractivity contribution is 0.280. The number of hydrogen-bond acceptors (Lipinski definition) is 3. The van der Waals surface area contributed by atoms with E-state index in [0.717, 1.165) is 31.3 Å². The van der Waals surface area contributed by atoms with Crippen molar-refractivity contribution in [3.63, 3.8) is 0 Å². The number of halogens is 2. The first-order valence-electron chi connectivity index (χ1n) is 8.06. The van der Waals surface area contributed by atoms with Crippen LogP contribution in [0.4, 0.5) is 0 Å². The largest absolute Gasteiger partial charge is 0.376 e. The van der Waals surface area contributed by atoms with Crippen LogP contribution >= 0.6 is 38.4 Å². The molecule has 0 aliphatic heterocycles. The average molecular weight is 449 g/mol. The van der Waals surface area contributed by atoms with Crippen molar-refractivity contribution in [1.29, 1.82) is 0 Å². The lowest BCUT2D eigenvalue weighted by Gasteiger charge is -2.24. The van der Waals surface area contributed by atoms with Crippen LogP contribution in [-0.2, 0) is 13.7 Å². The van der Waals surface area contributed by atoms with Crippen LogP contribution < -0.4 is 0 Å². The normalized spacial score (nSPS) is 16.3. The minimum atomic E-state index is -5.24. The van der Waals surface area contributed by atoms with E-state index in [1.165, 1.54) is 11.1 Å². The number of hydrogen-bond donors (Lipinski definition) is 3. The van der Waals surface area contributed by atoms with Crippen molar-refractivity contribution in [3.8, 4) is 0 Å². The zero-order valence-corrected chi connectivity index (χ0v) is 18.8. The molecule has 0 saturated heterocycles. The van der Waals surface area contributed by atoms with Gasteiger partial charge >= 0.3 is 19.0 Å². The van der Waals surface area contributed by atoms with Gasteiger partial charge in [-0.15, -0.1) is 0 Å². The highest BCUT2D eigenvalue weighted by molar-refractivity contribution is 7.78. The van der Waals surface area contributed by atoms with Crippen LogP contribution in [0.2, 0.25) is 0 Å². The molecule has 0 heterocycles. The van der Waals surface area contributed by atoms with Crippen molar-refractivity contribution in [3.05, 3.63) is 34.9 Å². The maximum Gasteiger partial charge on any atom is 0.376 e. The summed E-state index contributed by atoms with van der Waals surface area (Å²) in [5, 5.41) is 0. The highest BCUT2D eigenvalue weighted by Crippen LogP contribution is 2.75. The fourth-order valence-corrected chi connectivity index (χ4v) is 4.08. The number of allylic oxidation sites excluding steroid dienone is 5. The molecular weight excluding hydrogens is 421 g/mol. The molecule has 0 amide bonds. The van der Waals surface area contributed by atoms with Gasteiger partial charge in [-0.2, -0.15) is 0 Å². The number of rotatable bonds is 11. The first kappa shape index (κ1) is 26.1. The quantitative estimate of drug-likeness (QED) is 0.207. The molecule has 0 rings (SSSR count). The van der Waals surface area contributed by atoms with Gasteiger partial charge in [0.1, 0.15) is 0 Å². The minimum absolute atomic E-state index is 0.329. The molecule has 1 atom stereocenters. The third-order valence-corrected chi connectivity index (χ3v) is 9.52. The van der Waals surface area contributed by atoms with Crippen LogP contribution in [0.25, 0.3) is 0 Å². The first-order chi connectivity index (χ1) is 11.7. The van der Waals surface area contributed by atoms with E-state index in [0.29, 0.717) is 0 Å². The molecule has 0 aliphatic rings. The van der Waals surface area contributed by atoms with Gasteiger partial charge in [0.25, 0.3) is 0 Å². The maximum atomic E-state index is 11.8. The van der Waals surface area contributed by atoms with E-state index in [9.17, 15) is 14.0 Å². The highest BCUT2D eigenvalue weighted by Gasteiger charge is 2.59. The van der Waals surface area contributed by atoms with Crippen molar-refractivity contribution in [1.82, 2.24) is 0 Å². The van der Waals surface area contributed by atoms with Gasteiger partial charge in [-0.3, -0.25) is 9.13 Å². The molecule has 10 heteroatoms. The van der Waals surface area contributed by atoms with Crippen LogP contribution in [0, 0.1) is 0 Å². The topological polar surface area (TPSA) is 104 Å². The monoisotopic (exact) mass is 448 g/mol. The Balaban J connectivity index is 4.49. The van der Waals surface area contributed by atoms with Gasteiger partial charge in [-0.05, 0) is 53.4 Å². The summed E-state index contributed by atoms with van der Waals surface area (Å²) in [7, 11) is -10.2. The second-order valence-corrected chi connectivity index (χ2v) is 12.8. The molecule has 26 heavy (non-hydrogen) atoms. The molecule has 152 valence electrons. The molecule has 0 aliphatic carbocycles. The summed E-state index contributed by atoms with van der Waals surface area (Å²) in [6.07, 6.45) is 9.45. The lowest BCUT2D eigenvalue weighted by Crippen LogP contribution is -2.15. The van der Waals surface area contributed by atoms with Crippen LogP contribution in [0.15, 0.2) is 34.9 Å². The Morgan fingerprint density at radius 2 is 1.38 bits per heavy atom. The molecule has 6 nitrogen and oxygen atoms in total. The molecule has 0 aromatic heterocycles. The highest BCUT2D eigenvalue weighted by atomic mass is 35.5. The molecule has 1 unspecified atom stereocenters. The zero-order chi connectivity index (χ0) is 20.6. The number of alkyl halides is 2. The summed E-state index contributed by atoms with van der Waals surface area (Å²) in [5.41, 5.74) is 3.50. The van der Waals surface area contributed by atoms with Crippen LogP contribution in [0.1, 0.15) is 53.4 Å². The summed E-state index contributed by atoms with van der Waals surface area (Å²) < 4.78 is 24.4. The van der Waals surface area contributed by atoms with Crippen LogP contribution in [-0.4, -0.2) is 25.1 Å². The predicted octanol–water partition coefficient (Wildman–Crippen LogP) is 5.87. The van der Waals surface area contributed by atoms with E-state index in [1.54, 1.807) is 6.08 Å². The van der Waals surface area contributed by atoms with E-state index in [1.807, 2.05) is 6.92 Å². The molecule has 0 aromatic rings.